The van der Waals surface area contributed by atoms with Gasteiger partial charge in [0.05, 0.1) is 0 Å². The molecule has 3 aromatic rings. The Morgan fingerprint density at radius 3 is 2.39 bits per heavy atom. The van der Waals surface area contributed by atoms with Crippen molar-refractivity contribution in [2.75, 3.05) is 13.1 Å². The highest BCUT2D eigenvalue weighted by molar-refractivity contribution is 6.09. The van der Waals surface area contributed by atoms with Crippen LogP contribution in [0.25, 0.3) is 10.8 Å². The molecule has 0 aliphatic heterocycles. The van der Waals surface area contributed by atoms with E-state index in [0.717, 1.165) is 18.2 Å². The molecule has 0 unspecified atom stereocenters. The molecule has 0 saturated heterocycles. The average Bonchev–Trinajstić information content (AvgIpc) is 3.12. The van der Waals surface area contributed by atoms with Gasteiger partial charge in [-0.25, -0.2) is 4.39 Å². The Bertz CT molecular complexity index is 1080. The van der Waals surface area contributed by atoms with Crippen molar-refractivity contribution in [2.24, 2.45) is 0 Å². The summed E-state index contributed by atoms with van der Waals surface area (Å²) in [6, 6.07) is 14.4. The Labute approximate surface area is 162 Å². The van der Waals surface area contributed by atoms with Gasteiger partial charge >= 0.3 is 0 Å². The first-order valence-electron chi connectivity index (χ1n) is 9.40. The Balaban J connectivity index is 1.37. The molecule has 4 rings (SSSR count). The Morgan fingerprint density at radius 1 is 0.929 bits per heavy atom. The summed E-state index contributed by atoms with van der Waals surface area (Å²) >= 11 is 0. The fourth-order valence-electron chi connectivity index (χ4n) is 3.73. The Hall–Kier alpha value is -3.21. The number of nitrogens with one attached hydrogen (secondary N) is 2. The van der Waals surface area contributed by atoms with E-state index in [0.29, 0.717) is 17.7 Å². The summed E-state index contributed by atoms with van der Waals surface area (Å²) in [4.78, 5) is 24.7. The molecule has 0 atom stereocenters. The first-order valence-corrected chi connectivity index (χ1v) is 9.40. The predicted molar refractivity (Wildman–Crippen MR) is 107 cm³/mol. The van der Waals surface area contributed by atoms with Gasteiger partial charge in [-0.3, -0.25) is 9.59 Å². The van der Waals surface area contributed by atoms with Gasteiger partial charge in [-0.2, -0.15) is 0 Å². The number of carbonyl (C=O) groups excluding carboxylic acids is 2. The van der Waals surface area contributed by atoms with Crippen LogP contribution in [0, 0.1) is 12.7 Å². The van der Waals surface area contributed by atoms with E-state index < -0.39 is 5.82 Å². The Morgan fingerprint density at radius 2 is 1.64 bits per heavy atom. The molecule has 0 saturated carbocycles. The lowest BCUT2D eigenvalue weighted by molar-refractivity contribution is 0.0928. The molecule has 1 aliphatic rings. The maximum absolute atomic E-state index is 13.6. The maximum Gasteiger partial charge on any atom is 0.251 e. The van der Waals surface area contributed by atoms with Crippen molar-refractivity contribution in [1.29, 1.82) is 0 Å². The van der Waals surface area contributed by atoms with Gasteiger partial charge in [-0.15, -0.1) is 0 Å². The lowest BCUT2D eigenvalue weighted by Gasteiger charge is -2.11. The number of amides is 2. The zero-order valence-corrected chi connectivity index (χ0v) is 15.6. The minimum atomic E-state index is -0.409. The summed E-state index contributed by atoms with van der Waals surface area (Å²) in [5, 5.41) is 7.72. The second-order valence-corrected chi connectivity index (χ2v) is 7.09. The summed E-state index contributed by atoms with van der Waals surface area (Å²) in [5.41, 5.74) is 3.99. The maximum atomic E-state index is 13.6. The number of halogens is 1. The van der Waals surface area contributed by atoms with Crippen LogP contribution in [0.4, 0.5) is 4.39 Å². The van der Waals surface area contributed by atoms with E-state index in [1.165, 1.54) is 22.6 Å². The third kappa shape index (κ3) is 3.36. The number of hydrogen-bond acceptors (Lipinski definition) is 2. The Kier molecular flexibility index (Phi) is 4.82. The third-order valence-corrected chi connectivity index (χ3v) is 5.25. The second-order valence-electron chi connectivity index (χ2n) is 7.09. The minimum absolute atomic E-state index is 0.161. The van der Waals surface area contributed by atoms with Gasteiger partial charge in [0.2, 0.25) is 0 Å². The summed E-state index contributed by atoms with van der Waals surface area (Å²) in [6.45, 7) is 2.20. The van der Waals surface area contributed by atoms with Gasteiger partial charge in [0.1, 0.15) is 5.82 Å². The standard InChI is InChI=1S/C23H21FN2O2/c1-14-5-6-17(13-20(14)24)22(27)25-11-12-26-23(28)19-10-9-16-8-7-15-3-2-4-18(19)21(15)16/h2-6,9-10,13H,7-8,11-12H2,1H3,(H,25,27)(H,26,28). The number of benzene rings is 3. The number of aryl methyl sites for hydroxylation is 3. The van der Waals surface area contributed by atoms with Crippen molar-refractivity contribution >= 4 is 22.6 Å². The van der Waals surface area contributed by atoms with Crippen LogP contribution in [-0.4, -0.2) is 24.9 Å². The fourth-order valence-corrected chi connectivity index (χ4v) is 3.73. The molecule has 0 radical (unpaired) electrons. The number of carbonyl (C=O) groups is 2. The highest BCUT2D eigenvalue weighted by atomic mass is 19.1. The predicted octanol–water partition coefficient (Wildman–Crippen LogP) is 3.55. The SMILES string of the molecule is Cc1ccc(C(=O)NCCNC(=O)c2ccc3c4c(cccc24)CC3)cc1F. The van der Waals surface area contributed by atoms with Crippen LogP contribution >= 0.6 is 0 Å². The molecule has 0 heterocycles. The van der Waals surface area contributed by atoms with E-state index in [-0.39, 0.29) is 23.9 Å². The highest BCUT2D eigenvalue weighted by Gasteiger charge is 2.18. The molecule has 0 aromatic heterocycles. The van der Waals surface area contributed by atoms with E-state index in [2.05, 4.69) is 16.7 Å². The molecule has 2 N–H and O–H groups in total. The zero-order chi connectivity index (χ0) is 19.7. The summed E-state index contributed by atoms with van der Waals surface area (Å²) in [6.07, 6.45) is 2.03. The monoisotopic (exact) mass is 376 g/mol. The van der Waals surface area contributed by atoms with Gasteiger partial charge < -0.3 is 10.6 Å². The van der Waals surface area contributed by atoms with Crippen LogP contribution in [0.2, 0.25) is 0 Å². The molecule has 4 nitrogen and oxygen atoms in total. The van der Waals surface area contributed by atoms with E-state index in [1.54, 1.807) is 19.1 Å². The van der Waals surface area contributed by atoms with Crippen LogP contribution in [0.1, 0.15) is 37.4 Å². The highest BCUT2D eigenvalue weighted by Crippen LogP contribution is 2.32. The normalized spacial score (nSPS) is 12.2. The van der Waals surface area contributed by atoms with E-state index in [9.17, 15) is 14.0 Å². The van der Waals surface area contributed by atoms with Crippen molar-refractivity contribution in [1.82, 2.24) is 10.6 Å². The van der Waals surface area contributed by atoms with Crippen LogP contribution in [0.3, 0.4) is 0 Å². The van der Waals surface area contributed by atoms with Gasteiger partial charge in [0, 0.05) is 24.2 Å². The largest absolute Gasteiger partial charge is 0.350 e. The van der Waals surface area contributed by atoms with Crippen LogP contribution < -0.4 is 10.6 Å². The average molecular weight is 376 g/mol. The lowest BCUT2D eigenvalue weighted by atomic mass is 9.99. The van der Waals surface area contributed by atoms with Gasteiger partial charge in [0.25, 0.3) is 11.8 Å². The first-order chi connectivity index (χ1) is 13.5. The number of hydrogen-bond donors (Lipinski definition) is 2. The van der Waals surface area contributed by atoms with Crippen molar-refractivity contribution < 1.29 is 14.0 Å². The summed E-state index contributed by atoms with van der Waals surface area (Å²) < 4.78 is 13.6. The second kappa shape index (κ2) is 7.43. The zero-order valence-electron chi connectivity index (χ0n) is 15.6. The van der Waals surface area contributed by atoms with E-state index in [4.69, 9.17) is 0 Å². The lowest BCUT2D eigenvalue weighted by Crippen LogP contribution is -2.34. The van der Waals surface area contributed by atoms with Crippen LogP contribution in [0.15, 0.2) is 48.5 Å². The number of rotatable bonds is 5. The van der Waals surface area contributed by atoms with Crippen molar-refractivity contribution in [3.05, 3.63) is 82.2 Å². The molecule has 28 heavy (non-hydrogen) atoms. The van der Waals surface area contributed by atoms with Crippen molar-refractivity contribution in [3.63, 3.8) is 0 Å². The van der Waals surface area contributed by atoms with E-state index in [1.807, 2.05) is 24.3 Å². The molecule has 0 bridgehead atoms. The van der Waals surface area contributed by atoms with Crippen LogP contribution in [-0.2, 0) is 12.8 Å². The topological polar surface area (TPSA) is 58.2 Å². The molecular weight excluding hydrogens is 355 g/mol. The molecule has 0 fully saturated rings. The first kappa shape index (κ1) is 18.2. The smallest absolute Gasteiger partial charge is 0.251 e. The third-order valence-electron chi connectivity index (χ3n) is 5.25. The molecule has 2 amide bonds. The molecule has 3 aromatic carbocycles. The van der Waals surface area contributed by atoms with Gasteiger partial charge in [-0.05, 0) is 65.4 Å². The van der Waals surface area contributed by atoms with Gasteiger partial charge in [0.15, 0.2) is 0 Å². The molecular formula is C23H21FN2O2. The summed E-state index contributed by atoms with van der Waals surface area (Å²) in [7, 11) is 0. The minimum Gasteiger partial charge on any atom is -0.350 e. The molecule has 1 aliphatic carbocycles. The molecule has 0 spiro atoms. The van der Waals surface area contributed by atoms with Gasteiger partial charge in [-0.1, -0.05) is 30.3 Å². The van der Waals surface area contributed by atoms with E-state index >= 15 is 0 Å². The quantitative estimate of drug-likeness (QED) is 0.669. The molecule has 5 heteroatoms. The van der Waals surface area contributed by atoms with Crippen LogP contribution in [0.5, 0.6) is 0 Å². The summed E-state index contributed by atoms with van der Waals surface area (Å²) in [5.74, 6) is -0.933. The van der Waals surface area contributed by atoms with Crippen molar-refractivity contribution in [2.45, 2.75) is 19.8 Å². The molecule has 142 valence electrons. The van der Waals surface area contributed by atoms with Crippen molar-refractivity contribution in [3.8, 4) is 0 Å². The fraction of sp³-hybridized carbons (Fsp3) is 0.217.